The zero-order chi connectivity index (χ0) is 17.2. The van der Waals surface area contributed by atoms with E-state index >= 15 is 0 Å². The third kappa shape index (κ3) is 4.21. The lowest BCUT2D eigenvalue weighted by Crippen LogP contribution is -2.08. The molecule has 0 fully saturated rings. The summed E-state index contributed by atoms with van der Waals surface area (Å²) in [4.78, 5) is 4.20. The van der Waals surface area contributed by atoms with E-state index in [1.807, 2.05) is 0 Å². The molecule has 0 bridgehead atoms. The molecule has 3 rings (SSSR count). The van der Waals surface area contributed by atoms with E-state index in [4.69, 9.17) is 16.0 Å². The number of aromatic nitrogens is 1. The molecule has 0 radical (unpaired) electrons. The van der Waals surface area contributed by atoms with Gasteiger partial charge in [0.2, 0.25) is 5.89 Å². The number of sulfone groups is 1. The summed E-state index contributed by atoms with van der Waals surface area (Å²) in [5.74, 6) is -0.538. The third-order valence-corrected chi connectivity index (χ3v) is 5.03. The molecule has 0 atom stereocenters. The molecule has 7 heteroatoms. The van der Waals surface area contributed by atoms with Crippen molar-refractivity contribution < 1.29 is 17.2 Å². The summed E-state index contributed by atoms with van der Waals surface area (Å²) >= 11 is 5.92. The molecule has 0 aliphatic carbocycles. The maximum atomic E-state index is 12.9. The SMILES string of the molecule is O=S(=O)(Cc1ccc(F)cc1)Cc1coc(-c2cccc(Cl)c2)n1. The largest absolute Gasteiger partial charge is 0.444 e. The first-order valence-corrected chi connectivity index (χ1v) is 9.26. The van der Waals surface area contributed by atoms with Gasteiger partial charge in [0.05, 0.1) is 17.2 Å². The van der Waals surface area contributed by atoms with Crippen LogP contribution in [0.4, 0.5) is 4.39 Å². The van der Waals surface area contributed by atoms with E-state index in [0.29, 0.717) is 27.7 Å². The van der Waals surface area contributed by atoms with Gasteiger partial charge < -0.3 is 4.42 Å². The summed E-state index contributed by atoms with van der Waals surface area (Å²) in [7, 11) is -3.45. The lowest BCUT2D eigenvalue weighted by atomic mass is 10.2. The predicted octanol–water partition coefficient (Wildman–Crippen LogP) is 4.25. The highest BCUT2D eigenvalue weighted by molar-refractivity contribution is 7.89. The van der Waals surface area contributed by atoms with E-state index in [1.54, 1.807) is 24.3 Å². The second kappa shape index (κ2) is 6.75. The molecule has 0 aliphatic rings. The average Bonchev–Trinajstić information content (AvgIpc) is 2.97. The van der Waals surface area contributed by atoms with Crippen LogP contribution < -0.4 is 0 Å². The highest BCUT2D eigenvalue weighted by atomic mass is 35.5. The first-order chi connectivity index (χ1) is 11.4. The molecule has 3 aromatic rings. The molecule has 0 saturated carbocycles. The zero-order valence-corrected chi connectivity index (χ0v) is 14.0. The standard InChI is InChI=1S/C17H13ClFNO3S/c18-14-3-1-2-13(8-14)17-20-16(9-23-17)11-24(21,22)10-12-4-6-15(19)7-5-12/h1-9H,10-11H2. The Balaban J connectivity index is 1.75. The van der Waals surface area contributed by atoms with Crippen molar-refractivity contribution in [2.75, 3.05) is 0 Å². The van der Waals surface area contributed by atoms with Crippen LogP contribution in [0.2, 0.25) is 5.02 Å². The van der Waals surface area contributed by atoms with Crippen LogP contribution in [0.25, 0.3) is 11.5 Å². The summed E-state index contributed by atoms with van der Waals surface area (Å²) in [5, 5.41) is 0.538. The molecule has 0 N–H and O–H groups in total. The van der Waals surface area contributed by atoms with Crippen LogP contribution in [-0.2, 0) is 21.3 Å². The van der Waals surface area contributed by atoms with Crippen molar-refractivity contribution in [1.29, 1.82) is 0 Å². The molecule has 2 aromatic carbocycles. The van der Waals surface area contributed by atoms with Crippen molar-refractivity contribution in [3.63, 3.8) is 0 Å². The fraction of sp³-hybridized carbons (Fsp3) is 0.118. The Morgan fingerprint density at radius 3 is 2.54 bits per heavy atom. The molecular formula is C17H13ClFNO3S. The number of nitrogens with zero attached hydrogens (tertiary/aromatic N) is 1. The van der Waals surface area contributed by atoms with Gasteiger partial charge in [-0.2, -0.15) is 0 Å². The van der Waals surface area contributed by atoms with Crippen molar-refractivity contribution >= 4 is 21.4 Å². The number of benzene rings is 2. The van der Waals surface area contributed by atoms with Crippen molar-refractivity contribution in [2.24, 2.45) is 0 Å². The highest BCUT2D eigenvalue weighted by Crippen LogP contribution is 2.23. The first-order valence-electron chi connectivity index (χ1n) is 7.06. The Morgan fingerprint density at radius 2 is 1.83 bits per heavy atom. The van der Waals surface area contributed by atoms with Gasteiger partial charge in [0, 0.05) is 10.6 Å². The fourth-order valence-electron chi connectivity index (χ4n) is 2.24. The van der Waals surface area contributed by atoms with Crippen LogP contribution in [-0.4, -0.2) is 13.4 Å². The molecule has 1 aromatic heterocycles. The van der Waals surface area contributed by atoms with Gasteiger partial charge in [0.1, 0.15) is 12.1 Å². The molecule has 4 nitrogen and oxygen atoms in total. The van der Waals surface area contributed by atoms with Crippen molar-refractivity contribution in [1.82, 2.24) is 4.98 Å². The van der Waals surface area contributed by atoms with Crippen LogP contribution in [0.5, 0.6) is 0 Å². The second-order valence-electron chi connectivity index (χ2n) is 5.31. The summed E-state index contributed by atoms with van der Waals surface area (Å²) in [6.45, 7) is 0. The van der Waals surface area contributed by atoms with Crippen molar-refractivity contribution in [3.8, 4) is 11.5 Å². The average molecular weight is 366 g/mol. The summed E-state index contributed by atoms with van der Waals surface area (Å²) in [6, 6.07) is 12.3. The van der Waals surface area contributed by atoms with Crippen molar-refractivity contribution in [3.05, 3.63) is 76.9 Å². The van der Waals surface area contributed by atoms with Gasteiger partial charge in [-0.1, -0.05) is 29.8 Å². The van der Waals surface area contributed by atoms with E-state index in [2.05, 4.69) is 4.98 Å². The summed E-state index contributed by atoms with van der Waals surface area (Å²) < 4.78 is 42.7. The van der Waals surface area contributed by atoms with Crippen LogP contribution in [0.1, 0.15) is 11.3 Å². The predicted molar refractivity (Wildman–Crippen MR) is 89.7 cm³/mol. The number of hydrogen-bond donors (Lipinski definition) is 0. The summed E-state index contributed by atoms with van der Waals surface area (Å²) in [5.41, 5.74) is 1.51. The van der Waals surface area contributed by atoms with Crippen molar-refractivity contribution in [2.45, 2.75) is 11.5 Å². The van der Waals surface area contributed by atoms with Crippen LogP contribution in [0.3, 0.4) is 0 Å². The monoisotopic (exact) mass is 365 g/mol. The molecule has 24 heavy (non-hydrogen) atoms. The van der Waals surface area contributed by atoms with Gasteiger partial charge in [0.25, 0.3) is 0 Å². The number of rotatable bonds is 5. The maximum absolute atomic E-state index is 12.9. The van der Waals surface area contributed by atoms with E-state index < -0.39 is 15.7 Å². The van der Waals surface area contributed by atoms with Gasteiger partial charge in [-0.05, 0) is 35.9 Å². The van der Waals surface area contributed by atoms with Gasteiger partial charge in [-0.15, -0.1) is 0 Å². The van der Waals surface area contributed by atoms with E-state index in [0.717, 1.165) is 0 Å². The van der Waals surface area contributed by atoms with Gasteiger partial charge in [-0.3, -0.25) is 0 Å². The molecule has 0 saturated heterocycles. The lowest BCUT2D eigenvalue weighted by Gasteiger charge is -2.02. The number of hydrogen-bond acceptors (Lipinski definition) is 4. The number of halogens is 2. The van der Waals surface area contributed by atoms with Crippen LogP contribution >= 0.6 is 11.6 Å². The summed E-state index contributed by atoms with van der Waals surface area (Å²) in [6.07, 6.45) is 1.32. The van der Waals surface area contributed by atoms with Crippen LogP contribution in [0, 0.1) is 5.82 Å². The number of oxazole rings is 1. The molecule has 0 unspecified atom stereocenters. The molecule has 0 aliphatic heterocycles. The first kappa shape index (κ1) is 16.7. The highest BCUT2D eigenvalue weighted by Gasteiger charge is 2.17. The molecule has 0 amide bonds. The molecule has 1 heterocycles. The van der Waals surface area contributed by atoms with E-state index in [1.165, 1.54) is 30.5 Å². The Labute approximate surface area is 143 Å². The minimum absolute atomic E-state index is 0.188. The Kier molecular flexibility index (Phi) is 4.69. The quantitative estimate of drug-likeness (QED) is 0.678. The Morgan fingerprint density at radius 1 is 1.08 bits per heavy atom. The Bertz CT molecular complexity index is 952. The molecular weight excluding hydrogens is 353 g/mol. The van der Waals surface area contributed by atoms with E-state index in [-0.39, 0.29) is 11.5 Å². The van der Waals surface area contributed by atoms with Gasteiger partial charge >= 0.3 is 0 Å². The normalized spacial score (nSPS) is 11.6. The third-order valence-electron chi connectivity index (χ3n) is 3.29. The Hall–Kier alpha value is -2.18. The topological polar surface area (TPSA) is 60.2 Å². The minimum Gasteiger partial charge on any atom is -0.444 e. The van der Waals surface area contributed by atoms with E-state index in [9.17, 15) is 12.8 Å². The van der Waals surface area contributed by atoms with Crippen LogP contribution in [0.15, 0.2) is 59.2 Å². The maximum Gasteiger partial charge on any atom is 0.226 e. The zero-order valence-electron chi connectivity index (χ0n) is 12.4. The molecule has 124 valence electrons. The lowest BCUT2D eigenvalue weighted by molar-refractivity contribution is 0.571. The second-order valence-corrected chi connectivity index (χ2v) is 7.81. The minimum atomic E-state index is -3.45. The fourth-order valence-corrected chi connectivity index (χ4v) is 3.81. The van der Waals surface area contributed by atoms with Gasteiger partial charge in [-0.25, -0.2) is 17.8 Å². The van der Waals surface area contributed by atoms with Gasteiger partial charge in [0.15, 0.2) is 9.84 Å². The molecule has 0 spiro atoms. The smallest absolute Gasteiger partial charge is 0.226 e.